The van der Waals surface area contributed by atoms with Crippen molar-refractivity contribution in [3.05, 3.63) is 27.5 Å². The van der Waals surface area contributed by atoms with Crippen LogP contribution in [0.4, 0.5) is 5.69 Å². The number of amides is 1. The Morgan fingerprint density at radius 2 is 2.26 bits per heavy atom. The van der Waals surface area contributed by atoms with Crippen LogP contribution in [0.5, 0.6) is 0 Å². The van der Waals surface area contributed by atoms with Crippen LogP contribution in [0.25, 0.3) is 10.1 Å². The standard InChI is InChI=1S/C14H15BrN2OS/c15-9-3-4-11-10(7-9)12(16)13(19-11)14(18)17-6-5-8-1-2-8/h3-4,7-8H,1-2,5-6,16H2,(H,17,18). The molecule has 0 radical (unpaired) electrons. The monoisotopic (exact) mass is 338 g/mol. The lowest BCUT2D eigenvalue weighted by Crippen LogP contribution is -2.24. The van der Waals surface area contributed by atoms with Gasteiger partial charge in [-0.25, -0.2) is 0 Å². The molecular formula is C14H15BrN2OS. The normalized spacial score (nSPS) is 14.8. The number of nitrogen functional groups attached to an aromatic ring is 1. The van der Waals surface area contributed by atoms with Gasteiger partial charge in [-0.1, -0.05) is 28.8 Å². The molecule has 19 heavy (non-hydrogen) atoms. The Balaban J connectivity index is 1.78. The van der Waals surface area contributed by atoms with E-state index < -0.39 is 0 Å². The molecule has 1 aromatic carbocycles. The minimum Gasteiger partial charge on any atom is -0.397 e. The van der Waals surface area contributed by atoms with Crippen molar-refractivity contribution in [3.8, 4) is 0 Å². The molecule has 3 rings (SSSR count). The van der Waals surface area contributed by atoms with E-state index in [1.165, 1.54) is 24.2 Å². The van der Waals surface area contributed by atoms with E-state index in [0.29, 0.717) is 10.6 Å². The van der Waals surface area contributed by atoms with E-state index in [2.05, 4.69) is 21.2 Å². The SMILES string of the molecule is Nc1c(C(=O)NCCC2CC2)sc2ccc(Br)cc12. The van der Waals surface area contributed by atoms with Gasteiger partial charge >= 0.3 is 0 Å². The number of hydrogen-bond donors (Lipinski definition) is 2. The highest BCUT2D eigenvalue weighted by molar-refractivity contribution is 9.10. The second kappa shape index (κ2) is 5.13. The maximum atomic E-state index is 12.1. The zero-order valence-corrected chi connectivity index (χ0v) is 12.8. The van der Waals surface area contributed by atoms with Crippen molar-refractivity contribution in [2.75, 3.05) is 12.3 Å². The van der Waals surface area contributed by atoms with E-state index >= 15 is 0 Å². The van der Waals surface area contributed by atoms with Gasteiger partial charge in [0.1, 0.15) is 4.88 Å². The van der Waals surface area contributed by atoms with Crippen molar-refractivity contribution in [1.29, 1.82) is 0 Å². The van der Waals surface area contributed by atoms with Gasteiger partial charge in [0.2, 0.25) is 0 Å². The third-order valence-electron chi connectivity index (χ3n) is 3.43. The minimum absolute atomic E-state index is 0.0459. The first-order valence-corrected chi connectivity index (χ1v) is 8.02. The number of thiophene rings is 1. The summed E-state index contributed by atoms with van der Waals surface area (Å²) >= 11 is 4.88. The lowest BCUT2D eigenvalue weighted by Gasteiger charge is -2.03. The summed E-state index contributed by atoms with van der Waals surface area (Å²) in [5, 5.41) is 3.92. The van der Waals surface area contributed by atoms with Gasteiger partial charge in [0, 0.05) is 21.1 Å². The highest BCUT2D eigenvalue weighted by atomic mass is 79.9. The fourth-order valence-corrected chi connectivity index (χ4v) is 3.51. The van der Waals surface area contributed by atoms with Crippen LogP contribution in [0.1, 0.15) is 28.9 Å². The molecule has 0 saturated heterocycles. The zero-order chi connectivity index (χ0) is 13.4. The number of benzene rings is 1. The van der Waals surface area contributed by atoms with Crippen molar-refractivity contribution in [3.63, 3.8) is 0 Å². The quantitative estimate of drug-likeness (QED) is 0.891. The van der Waals surface area contributed by atoms with Gasteiger partial charge in [-0.05, 0) is 30.5 Å². The molecule has 0 spiro atoms. The van der Waals surface area contributed by atoms with Gasteiger partial charge in [-0.15, -0.1) is 11.3 Å². The van der Waals surface area contributed by atoms with Crippen LogP contribution in [0.15, 0.2) is 22.7 Å². The number of halogens is 1. The number of fused-ring (bicyclic) bond motifs is 1. The summed E-state index contributed by atoms with van der Waals surface area (Å²) in [5.74, 6) is 0.784. The summed E-state index contributed by atoms with van der Waals surface area (Å²) in [7, 11) is 0. The average Bonchev–Trinajstić information content (AvgIpc) is 3.15. The second-order valence-electron chi connectivity index (χ2n) is 4.97. The molecule has 0 unspecified atom stereocenters. The molecule has 1 aliphatic rings. The summed E-state index contributed by atoms with van der Waals surface area (Å²) in [5.41, 5.74) is 6.67. The lowest BCUT2D eigenvalue weighted by molar-refractivity contribution is 0.0957. The molecule has 5 heteroatoms. The first kappa shape index (κ1) is 12.9. The van der Waals surface area contributed by atoms with Gasteiger partial charge in [0.05, 0.1) is 5.69 Å². The first-order chi connectivity index (χ1) is 9.15. The third-order valence-corrected chi connectivity index (χ3v) is 5.11. The second-order valence-corrected chi connectivity index (χ2v) is 6.94. The maximum Gasteiger partial charge on any atom is 0.263 e. The zero-order valence-electron chi connectivity index (χ0n) is 10.4. The first-order valence-electron chi connectivity index (χ1n) is 6.41. The van der Waals surface area contributed by atoms with Gasteiger partial charge in [0.15, 0.2) is 0 Å². The van der Waals surface area contributed by atoms with E-state index in [4.69, 9.17) is 5.73 Å². The van der Waals surface area contributed by atoms with Crippen LogP contribution in [0.3, 0.4) is 0 Å². The van der Waals surface area contributed by atoms with Crippen molar-refractivity contribution in [2.24, 2.45) is 5.92 Å². The summed E-state index contributed by atoms with van der Waals surface area (Å²) in [6.45, 7) is 0.751. The van der Waals surface area contributed by atoms with Gasteiger partial charge in [-0.2, -0.15) is 0 Å². The van der Waals surface area contributed by atoms with Crippen LogP contribution >= 0.6 is 27.3 Å². The Bertz CT molecular complexity index is 634. The molecule has 0 bridgehead atoms. The molecule has 1 amide bonds. The van der Waals surface area contributed by atoms with E-state index in [0.717, 1.165) is 33.4 Å². The predicted molar refractivity (Wildman–Crippen MR) is 83.6 cm³/mol. The van der Waals surface area contributed by atoms with Gasteiger partial charge < -0.3 is 11.1 Å². The third kappa shape index (κ3) is 2.77. The molecular weight excluding hydrogens is 324 g/mol. The Labute approximate surface area is 124 Å². The molecule has 3 N–H and O–H groups in total. The Morgan fingerprint density at radius 1 is 1.47 bits per heavy atom. The van der Waals surface area contributed by atoms with Crippen molar-refractivity contribution < 1.29 is 4.79 Å². The smallest absolute Gasteiger partial charge is 0.263 e. The number of anilines is 1. The van der Waals surface area contributed by atoms with Crippen molar-refractivity contribution in [1.82, 2.24) is 5.32 Å². The molecule has 0 aliphatic heterocycles. The van der Waals surface area contributed by atoms with E-state index in [1.54, 1.807) is 0 Å². The summed E-state index contributed by atoms with van der Waals surface area (Å²) < 4.78 is 2.03. The number of rotatable bonds is 4. The number of nitrogens with two attached hydrogens (primary N) is 1. The van der Waals surface area contributed by atoms with Crippen molar-refractivity contribution >= 4 is 48.9 Å². The summed E-state index contributed by atoms with van der Waals surface area (Å²) in [6, 6.07) is 5.91. The van der Waals surface area contributed by atoms with Crippen LogP contribution in [0.2, 0.25) is 0 Å². The molecule has 1 aliphatic carbocycles. The fourth-order valence-electron chi connectivity index (χ4n) is 2.13. The fraction of sp³-hybridized carbons (Fsp3) is 0.357. The predicted octanol–water partition coefficient (Wildman–Crippen LogP) is 3.78. The molecule has 1 aromatic heterocycles. The van der Waals surface area contributed by atoms with Crippen molar-refractivity contribution in [2.45, 2.75) is 19.3 Å². The molecule has 1 fully saturated rings. The highest BCUT2D eigenvalue weighted by Crippen LogP contribution is 2.35. The number of nitrogens with one attached hydrogen (secondary N) is 1. The average molecular weight is 339 g/mol. The van der Waals surface area contributed by atoms with Gasteiger partial charge in [-0.3, -0.25) is 4.79 Å². The summed E-state index contributed by atoms with van der Waals surface area (Å²) in [6.07, 6.45) is 3.71. The molecule has 0 atom stereocenters. The van der Waals surface area contributed by atoms with E-state index in [-0.39, 0.29) is 5.91 Å². The Hall–Kier alpha value is -1.07. The molecule has 2 aromatic rings. The largest absolute Gasteiger partial charge is 0.397 e. The number of carbonyl (C=O) groups excluding carboxylic acids is 1. The maximum absolute atomic E-state index is 12.1. The molecule has 3 nitrogen and oxygen atoms in total. The molecule has 100 valence electrons. The Morgan fingerprint density at radius 3 is 3.00 bits per heavy atom. The molecule has 1 heterocycles. The number of carbonyl (C=O) groups is 1. The number of hydrogen-bond acceptors (Lipinski definition) is 3. The Kier molecular flexibility index (Phi) is 3.50. The van der Waals surface area contributed by atoms with E-state index in [9.17, 15) is 4.79 Å². The molecule has 1 saturated carbocycles. The minimum atomic E-state index is -0.0459. The lowest BCUT2D eigenvalue weighted by atomic mass is 10.2. The van der Waals surface area contributed by atoms with Crippen LogP contribution < -0.4 is 11.1 Å². The van der Waals surface area contributed by atoms with E-state index in [1.807, 2.05) is 18.2 Å². The highest BCUT2D eigenvalue weighted by Gasteiger charge is 2.21. The van der Waals surface area contributed by atoms with Crippen LogP contribution in [-0.2, 0) is 0 Å². The van der Waals surface area contributed by atoms with Crippen LogP contribution in [-0.4, -0.2) is 12.5 Å². The topological polar surface area (TPSA) is 55.1 Å². The van der Waals surface area contributed by atoms with Gasteiger partial charge in [0.25, 0.3) is 5.91 Å². The van der Waals surface area contributed by atoms with Crippen LogP contribution in [0, 0.1) is 5.92 Å². The summed E-state index contributed by atoms with van der Waals surface area (Å²) in [4.78, 5) is 12.8.